The second kappa shape index (κ2) is 10.4. The number of hydrogen-bond donors (Lipinski definition) is 3. The van der Waals surface area contributed by atoms with E-state index in [1.807, 2.05) is 39.0 Å². The predicted molar refractivity (Wildman–Crippen MR) is 133 cm³/mol. The minimum absolute atomic E-state index is 0.134. The molecule has 0 aliphatic rings. The van der Waals surface area contributed by atoms with Crippen LogP contribution in [0.5, 0.6) is 0 Å². The van der Waals surface area contributed by atoms with Gasteiger partial charge in [-0.15, -0.1) is 0 Å². The lowest BCUT2D eigenvalue weighted by Gasteiger charge is -2.14. The fraction of sp³-hybridized carbons (Fsp3) is 0.231. The summed E-state index contributed by atoms with van der Waals surface area (Å²) in [4.78, 5) is 21.4. The zero-order valence-electron chi connectivity index (χ0n) is 20.4. The van der Waals surface area contributed by atoms with Crippen molar-refractivity contribution in [3.63, 3.8) is 0 Å². The maximum absolute atomic E-state index is 13.2. The highest BCUT2D eigenvalue weighted by atomic mass is 19.4. The van der Waals surface area contributed by atoms with E-state index in [9.17, 15) is 18.0 Å². The number of benzene rings is 2. The lowest BCUT2D eigenvalue weighted by Crippen LogP contribution is -2.11. The van der Waals surface area contributed by atoms with Crippen LogP contribution in [0.1, 0.15) is 45.4 Å². The van der Waals surface area contributed by atoms with Crippen molar-refractivity contribution in [2.45, 2.75) is 39.8 Å². The van der Waals surface area contributed by atoms with E-state index in [4.69, 9.17) is 5.21 Å². The number of halogens is 3. The van der Waals surface area contributed by atoms with E-state index in [1.54, 1.807) is 22.3 Å². The Morgan fingerprint density at radius 1 is 1.05 bits per heavy atom. The second-order valence-corrected chi connectivity index (χ2v) is 8.59. The van der Waals surface area contributed by atoms with Crippen LogP contribution in [-0.2, 0) is 19.0 Å². The average molecular weight is 511 g/mol. The van der Waals surface area contributed by atoms with Gasteiger partial charge in [-0.1, -0.05) is 19.1 Å². The molecule has 3 N–H and O–H groups in total. The van der Waals surface area contributed by atoms with Crippen LogP contribution in [0.25, 0.3) is 5.82 Å². The molecule has 37 heavy (non-hydrogen) atoms. The highest BCUT2D eigenvalue weighted by molar-refractivity contribution is 5.98. The van der Waals surface area contributed by atoms with Crippen LogP contribution >= 0.6 is 0 Å². The van der Waals surface area contributed by atoms with Gasteiger partial charge in [-0.3, -0.25) is 15.5 Å². The molecule has 2 heterocycles. The zero-order valence-corrected chi connectivity index (χ0v) is 20.4. The molecule has 8 nitrogen and oxygen atoms in total. The molecule has 0 radical (unpaired) electrons. The van der Waals surface area contributed by atoms with Crippen molar-refractivity contribution >= 4 is 23.0 Å². The van der Waals surface area contributed by atoms with Gasteiger partial charge in [0.2, 0.25) is 0 Å². The zero-order chi connectivity index (χ0) is 26.7. The number of Topliss-reactive ketones (excluding diaryl/α,β-unsaturated/α-hetero) is 1. The maximum Gasteiger partial charge on any atom is 0.416 e. The van der Waals surface area contributed by atoms with Crippen LogP contribution in [-0.4, -0.2) is 30.7 Å². The van der Waals surface area contributed by atoms with Gasteiger partial charge in [-0.2, -0.15) is 23.0 Å². The SMILES string of the molecule is CCc1cc(-n2nc(C)cc2Nc2cc(CC(=O)c3cc(NO)cc(C(F)(F)F)c3)ccc2C)ncn1. The summed E-state index contributed by atoms with van der Waals surface area (Å²) < 4.78 is 41.4. The number of carbonyl (C=O) groups is 1. The maximum atomic E-state index is 13.2. The molecule has 4 aromatic rings. The molecule has 0 bridgehead atoms. The van der Waals surface area contributed by atoms with Crippen LogP contribution in [0, 0.1) is 13.8 Å². The molecule has 0 saturated carbocycles. The molecule has 0 spiro atoms. The largest absolute Gasteiger partial charge is 0.416 e. The Kier molecular flexibility index (Phi) is 7.25. The van der Waals surface area contributed by atoms with E-state index in [1.165, 1.54) is 12.4 Å². The fourth-order valence-electron chi connectivity index (χ4n) is 3.81. The summed E-state index contributed by atoms with van der Waals surface area (Å²) in [5.74, 6) is 0.733. The van der Waals surface area contributed by atoms with Gasteiger partial charge in [0.15, 0.2) is 11.6 Å². The van der Waals surface area contributed by atoms with Crippen LogP contribution < -0.4 is 10.8 Å². The van der Waals surface area contributed by atoms with E-state index < -0.39 is 17.5 Å². The van der Waals surface area contributed by atoms with Gasteiger partial charge in [0.1, 0.15) is 12.1 Å². The van der Waals surface area contributed by atoms with Gasteiger partial charge >= 0.3 is 6.18 Å². The third-order valence-corrected chi connectivity index (χ3v) is 5.76. The summed E-state index contributed by atoms with van der Waals surface area (Å²) in [5, 5.41) is 17.0. The van der Waals surface area contributed by atoms with Gasteiger partial charge < -0.3 is 5.32 Å². The first-order chi connectivity index (χ1) is 17.6. The molecular formula is C26H25F3N6O2. The Morgan fingerprint density at radius 2 is 1.84 bits per heavy atom. The standard InChI is InChI=1S/C26H25F3N6O2/c1-4-20-13-24(31-14-30-20)35-25(7-16(3)33-35)32-22-8-17(6-5-15(22)2)9-23(36)18-10-19(26(27,28)29)12-21(11-18)34-37/h5-8,10-14,32,34,37H,4,9H2,1-3H3. The topological polar surface area (TPSA) is 105 Å². The van der Waals surface area contributed by atoms with E-state index >= 15 is 0 Å². The minimum atomic E-state index is -4.66. The first-order valence-electron chi connectivity index (χ1n) is 11.5. The molecule has 0 aliphatic carbocycles. The second-order valence-electron chi connectivity index (χ2n) is 8.59. The lowest BCUT2D eigenvalue weighted by atomic mass is 9.99. The van der Waals surface area contributed by atoms with Gasteiger partial charge in [-0.25, -0.2) is 9.97 Å². The smallest absolute Gasteiger partial charge is 0.340 e. The summed E-state index contributed by atoms with van der Waals surface area (Å²) in [5.41, 5.74) is 4.12. The summed E-state index contributed by atoms with van der Waals surface area (Å²) in [7, 11) is 0. The Balaban J connectivity index is 1.61. The molecule has 0 saturated heterocycles. The first-order valence-corrected chi connectivity index (χ1v) is 11.5. The van der Waals surface area contributed by atoms with Crippen LogP contribution in [0.2, 0.25) is 0 Å². The highest BCUT2D eigenvalue weighted by Crippen LogP contribution is 2.32. The lowest BCUT2D eigenvalue weighted by molar-refractivity contribution is -0.137. The predicted octanol–water partition coefficient (Wildman–Crippen LogP) is 5.83. The quantitative estimate of drug-likeness (QED) is 0.202. The number of carbonyl (C=O) groups excluding carboxylic acids is 1. The number of rotatable bonds is 8. The number of nitrogens with zero attached hydrogens (tertiary/aromatic N) is 4. The van der Waals surface area contributed by atoms with Gasteiger partial charge in [0.25, 0.3) is 0 Å². The van der Waals surface area contributed by atoms with Crippen molar-refractivity contribution in [3.05, 3.63) is 88.5 Å². The molecule has 192 valence electrons. The van der Waals surface area contributed by atoms with Crippen molar-refractivity contribution in [2.24, 2.45) is 0 Å². The Morgan fingerprint density at radius 3 is 2.54 bits per heavy atom. The molecular weight excluding hydrogens is 485 g/mol. The molecule has 2 aromatic carbocycles. The van der Waals surface area contributed by atoms with Crippen molar-refractivity contribution < 1.29 is 23.2 Å². The number of anilines is 3. The number of aryl methyl sites for hydroxylation is 3. The van der Waals surface area contributed by atoms with Crippen LogP contribution in [0.4, 0.5) is 30.4 Å². The number of ketones is 1. The molecule has 0 fully saturated rings. The van der Waals surface area contributed by atoms with E-state index in [0.717, 1.165) is 35.5 Å². The van der Waals surface area contributed by atoms with Gasteiger partial charge in [0.05, 0.1) is 16.9 Å². The fourth-order valence-corrected chi connectivity index (χ4v) is 3.81. The average Bonchev–Trinajstić information content (AvgIpc) is 3.25. The Labute approximate surface area is 211 Å². The monoisotopic (exact) mass is 510 g/mol. The highest BCUT2D eigenvalue weighted by Gasteiger charge is 2.32. The van der Waals surface area contributed by atoms with Gasteiger partial charge in [0, 0.05) is 35.5 Å². The molecule has 11 heteroatoms. The van der Waals surface area contributed by atoms with Crippen LogP contribution in [0.3, 0.4) is 0 Å². The number of aromatic nitrogens is 4. The molecule has 0 unspecified atom stereocenters. The van der Waals surface area contributed by atoms with Crippen molar-refractivity contribution in [1.29, 1.82) is 0 Å². The van der Waals surface area contributed by atoms with Gasteiger partial charge in [-0.05, 0) is 55.7 Å². The number of alkyl halides is 3. The van der Waals surface area contributed by atoms with Crippen molar-refractivity contribution in [3.8, 4) is 5.82 Å². The molecule has 0 aliphatic heterocycles. The molecule has 2 aromatic heterocycles. The van der Waals surface area contributed by atoms with E-state index in [2.05, 4.69) is 20.4 Å². The summed E-state index contributed by atoms with van der Waals surface area (Å²) in [6.45, 7) is 5.75. The van der Waals surface area contributed by atoms with E-state index in [0.29, 0.717) is 22.9 Å². The minimum Gasteiger partial charge on any atom is -0.340 e. The van der Waals surface area contributed by atoms with E-state index in [-0.39, 0.29) is 17.7 Å². The molecule has 4 rings (SSSR count). The Hall–Kier alpha value is -4.25. The van der Waals surface area contributed by atoms with Crippen molar-refractivity contribution in [1.82, 2.24) is 19.7 Å². The third-order valence-electron chi connectivity index (χ3n) is 5.76. The number of nitrogens with one attached hydrogen (secondary N) is 2. The summed E-state index contributed by atoms with van der Waals surface area (Å²) >= 11 is 0. The number of hydrogen-bond acceptors (Lipinski definition) is 7. The Bertz CT molecular complexity index is 1450. The van der Waals surface area contributed by atoms with Crippen molar-refractivity contribution in [2.75, 3.05) is 10.8 Å². The molecule has 0 atom stereocenters. The summed E-state index contributed by atoms with van der Waals surface area (Å²) in [6.07, 6.45) is -2.57. The normalized spacial score (nSPS) is 11.4. The van der Waals surface area contributed by atoms with Crippen LogP contribution in [0.15, 0.2) is 54.9 Å². The summed E-state index contributed by atoms with van der Waals surface area (Å²) in [6, 6.07) is 11.7. The third kappa shape index (κ3) is 5.95. The molecule has 0 amide bonds. The first kappa shape index (κ1) is 25.8.